The largest absolute Gasteiger partial charge is 0.309 e. The Balaban J connectivity index is 0.965. The monoisotopic (exact) mass is 778 g/mol. The van der Waals surface area contributed by atoms with Gasteiger partial charge in [-0.05, 0) is 66.0 Å². The Morgan fingerprint density at radius 2 is 0.754 bits per heavy atom. The zero-order chi connectivity index (χ0) is 40.3. The van der Waals surface area contributed by atoms with Crippen LogP contribution in [0.15, 0.2) is 206 Å². The first-order valence-corrected chi connectivity index (χ1v) is 20.4. The summed E-state index contributed by atoms with van der Waals surface area (Å²) in [6.45, 7) is 0. The highest BCUT2D eigenvalue weighted by Crippen LogP contribution is 2.39. The predicted molar refractivity (Wildman–Crippen MR) is 249 cm³/mol. The molecule has 0 saturated carbocycles. The third kappa shape index (κ3) is 5.92. The molecule has 0 amide bonds. The van der Waals surface area contributed by atoms with Crippen molar-refractivity contribution in [2.75, 3.05) is 0 Å². The number of aromatic nitrogens is 6. The molecule has 0 spiro atoms. The maximum atomic E-state index is 5.30. The molecule has 0 N–H and O–H groups in total. The van der Waals surface area contributed by atoms with Crippen molar-refractivity contribution in [3.63, 3.8) is 0 Å². The van der Waals surface area contributed by atoms with Crippen molar-refractivity contribution in [2.24, 2.45) is 0 Å². The number of benzene rings is 8. The first-order chi connectivity index (χ1) is 30.2. The van der Waals surface area contributed by atoms with E-state index in [1.165, 1.54) is 21.8 Å². The quantitative estimate of drug-likeness (QED) is 0.157. The van der Waals surface area contributed by atoms with Crippen LogP contribution in [-0.4, -0.2) is 29.5 Å². The lowest BCUT2D eigenvalue weighted by Crippen LogP contribution is -2.00. The lowest BCUT2D eigenvalue weighted by atomic mass is 9.95. The molecule has 284 valence electrons. The Labute approximate surface area is 351 Å². The molecule has 0 saturated heterocycles. The summed E-state index contributed by atoms with van der Waals surface area (Å²) in [7, 11) is 0. The summed E-state index contributed by atoms with van der Waals surface area (Å²) in [5.74, 6) is 1.83. The van der Waals surface area contributed by atoms with Gasteiger partial charge in [0.15, 0.2) is 17.5 Å². The van der Waals surface area contributed by atoms with Crippen LogP contribution in [0.25, 0.3) is 117 Å². The van der Waals surface area contributed by atoms with Crippen LogP contribution >= 0.6 is 0 Å². The fourth-order valence-electron chi connectivity index (χ4n) is 8.73. The normalized spacial score (nSPS) is 11.6. The third-order valence-corrected chi connectivity index (χ3v) is 11.7. The van der Waals surface area contributed by atoms with Gasteiger partial charge in [-0.2, -0.15) is 0 Å². The Morgan fingerprint density at radius 1 is 0.279 bits per heavy atom. The molecule has 0 unspecified atom stereocenters. The third-order valence-electron chi connectivity index (χ3n) is 11.7. The van der Waals surface area contributed by atoms with E-state index >= 15 is 0 Å². The van der Waals surface area contributed by atoms with Crippen molar-refractivity contribution in [3.05, 3.63) is 206 Å². The molecule has 6 heteroatoms. The Morgan fingerprint density at radius 3 is 1.39 bits per heavy atom. The van der Waals surface area contributed by atoms with Gasteiger partial charge >= 0.3 is 0 Å². The summed E-state index contributed by atoms with van der Waals surface area (Å²) >= 11 is 0. The van der Waals surface area contributed by atoms with Crippen LogP contribution in [0.3, 0.4) is 0 Å². The minimum Gasteiger partial charge on any atom is -0.309 e. The smallest absolute Gasteiger partial charge is 0.164 e. The van der Waals surface area contributed by atoms with Gasteiger partial charge in [0.2, 0.25) is 0 Å². The molecule has 0 bridgehead atoms. The highest BCUT2D eigenvalue weighted by molar-refractivity contribution is 6.20. The van der Waals surface area contributed by atoms with E-state index in [0.29, 0.717) is 17.5 Å². The van der Waals surface area contributed by atoms with E-state index in [-0.39, 0.29) is 0 Å². The fraction of sp³-hybridized carbons (Fsp3) is 0. The fourth-order valence-corrected chi connectivity index (χ4v) is 8.73. The molecular weight excluding hydrogens is 745 g/mol. The zero-order valence-electron chi connectivity index (χ0n) is 32.8. The topological polar surface area (TPSA) is 69.4 Å². The van der Waals surface area contributed by atoms with Gasteiger partial charge in [-0.15, -0.1) is 0 Å². The molecule has 6 nitrogen and oxygen atoms in total. The minimum atomic E-state index is 0.598. The van der Waals surface area contributed by atoms with E-state index in [1.807, 2.05) is 54.6 Å². The average Bonchev–Trinajstić information content (AvgIpc) is 3.68. The molecule has 12 aromatic rings. The molecule has 61 heavy (non-hydrogen) atoms. The van der Waals surface area contributed by atoms with Crippen LogP contribution in [0, 0.1) is 0 Å². The second kappa shape index (κ2) is 14.2. The number of hydrogen-bond acceptors (Lipinski definition) is 5. The van der Waals surface area contributed by atoms with E-state index in [4.69, 9.17) is 24.9 Å². The molecule has 8 aromatic carbocycles. The Hall–Kier alpha value is -8.35. The van der Waals surface area contributed by atoms with Crippen LogP contribution < -0.4 is 0 Å². The second-order valence-corrected chi connectivity index (χ2v) is 15.3. The van der Waals surface area contributed by atoms with Crippen molar-refractivity contribution >= 4 is 54.4 Å². The molecule has 4 heterocycles. The van der Waals surface area contributed by atoms with Gasteiger partial charge in [0.05, 0.1) is 33.5 Å². The number of nitrogens with zero attached hydrogens (tertiary/aromatic N) is 6. The maximum absolute atomic E-state index is 5.30. The molecule has 4 aromatic heterocycles. The van der Waals surface area contributed by atoms with Crippen molar-refractivity contribution in [1.29, 1.82) is 0 Å². The summed E-state index contributed by atoms with van der Waals surface area (Å²) in [4.78, 5) is 25.6. The Kier molecular flexibility index (Phi) is 8.06. The Bertz CT molecular complexity index is 3560. The molecule has 0 aliphatic carbocycles. The number of fused-ring (bicyclic) bond motifs is 8. The van der Waals surface area contributed by atoms with Gasteiger partial charge in [0.25, 0.3) is 0 Å². The molecule has 0 radical (unpaired) electrons. The van der Waals surface area contributed by atoms with E-state index in [0.717, 1.165) is 77.5 Å². The SMILES string of the molecule is c1ccc(-c2ccc3c(ccc4c5ccccc5nc(-c5ccc(-c6nc(-c7ccccc7)nc(-c7ccc(-n8c9ccccc9c9ccccc98)cc7)n6)cc5)c34)n2)cc1. The van der Waals surface area contributed by atoms with Gasteiger partial charge in [-0.3, -0.25) is 0 Å². The molecule has 0 aliphatic heterocycles. The maximum Gasteiger partial charge on any atom is 0.164 e. The van der Waals surface area contributed by atoms with Crippen LogP contribution in [0.4, 0.5) is 0 Å². The van der Waals surface area contributed by atoms with E-state index in [1.54, 1.807) is 0 Å². The first kappa shape index (κ1) is 34.7. The number of hydrogen-bond donors (Lipinski definition) is 0. The number of pyridine rings is 2. The van der Waals surface area contributed by atoms with E-state index < -0.39 is 0 Å². The number of para-hydroxylation sites is 3. The van der Waals surface area contributed by atoms with Gasteiger partial charge in [0, 0.05) is 60.4 Å². The molecule has 12 rings (SSSR count). The summed E-state index contributed by atoms with van der Waals surface area (Å²) < 4.78 is 2.32. The summed E-state index contributed by atoms with van der Waals surface area (Å²) in [5.41, 5.74) is 11.9. The summed E-state index contributed by atoms with van der Waals surface area (Å²) in [5, 5.41) is 6.86. The van der Waals surface area contributed by atoms with Gasteiger partial charge < -0.3 is 4.57 Å². The molecule has 0 aliphatic rings. The highest BCUT2D eigenvalue weighted by Gasteiger charge is 2.18. The van der Waals surface area contributed by atoms with Crippen molar-refractivity contribution in [1.82, 2.24) is 29.5 Å². The van der Waals surface area contributed by atoms with E-state index in [9.17, 15) is 0 Å². The van der Waals surface area contributed by atoms with Gasteiger partial charge in [-0.1, -0.05) is 146 Å². The zero-order valence-corrected chi connectivity index (χ0v) is 32.8. The lowest BCUT2D eigenvalue weighted by molar-refractivity contribution is 1.07. The lowest BCUT2D eigenvalue weighted by Gasteiger charge is -2.14. The van der Waals surface area contributed by atoms with E-state index in [2.05, 4.69) is 156 Å². The second-order valence-electron chi connectivity index (χ2n) is 15.3. The summed E-state index contributed by atoms with van der Waals surface area (Å²) in [6, 6.07) is 71.5. The van der Waals surface area contributed by atoms with Crippen molar-refractivity contribution < 1.29 is 0 Å². The van der Waals surface area contributed by atoms with Crippen LogP contribution in [0.2, 0.25) is 0 Å². The number of rotatable bonds is 6. The van der Waals surface area contributed by atoms with Gasteiger partial charge in [0.1, 0.15) is 0 Å². The molecule has 0 fully saturated rings. The minimum absolute atomic E-state index is 0.598. The predicted octanol–water partition coefficient (Wildman–Crippen LogP) is 13.6. The molecular formula is C55H34N6. The van der Waals surface area contributed by atoms with Crippen molar-refractivity contribution in [2.45, 2.75) is 0 Å². The summed E-state index contributed by atoms with van der Waals surface area (Å²) in [6.07, 6.45) is 0. The standard InChI is InChI=1S/C55H34N6/c1-3-13-35(14-4-1)46-33-32-45-48(56-46)34-31-44-41-17-7-10-20-47(41)57-52(51(44)45)36-23-25-38(26-24-36)54-58-53(37-15-5-2-6-16-37)59-55(60-54)39-27-29-40(30-28-39)61-49-21-11-8-18-42(49)43-19-9-12-22-50(43)61/h1-34H. The van der Waals surface area contributed by atoms with Crippen LogP contribution in [0.1, 0.15) is 0 Å². The van der Waals surface area contributed by atoms with Gasteiger partial charge in [-0.25, -0.2) is 24.9 Å². The van der Waals surface area contributed by atoms with Crippen molar-refractivity contribution in [3.8, 4) is 62.4 Å². The van der Waals surface area contributed by atoms with Crippen LogP contribution in [-0.2, 0) is 0 Å². The highest BCUT2D eigenvalue weighted by atomic mass is 15.0. The first-order valence-electron chi connectivity index (χ1n) is 20.4. The van der Waals surface area contributed by atoms with Crippen LogP contribution in [0.5, 0.6) is 0 Å². The molecule has 0 atom stereocenters. The average molecular weight is 779 g/mol.